The van der Waals surface area contributed by atoms with E-state index in [4.69, 9.17) is 9.47 Å². The van der Waals surface area contributed by atoms with Crippen LogP contribution in [-0.2, 0) is 17.3 Å². The monoisotopic (exact) mass is 353 g/mol. The SMILES string of the molecule is CN=C(NCCS(=O)C(C)(C)C)N(C)Cc1ccc2c(c1)OCO2. The lowest BCUT2D eigenvalue weighted by atomic mass is 10.2. The predicted octanol–water partition coefficient (Wildman–Crippen LogP) is 1.97. The first-order valence-electron chi connectivity index (χ1n) is 8.00. The number of nitrogens with one attached hydrogen (secondary N) is 1. The van der Waals surface area contributed by atoms with Crippen molar-refractivity contribution in [2.24, 2.45) is 4.99 Å². The quantitative estimate of drug-likeness (QED) is 0.648. The van der Waals surface area contributed by atoms with Crippen LogP contribution in [0, 0.1) is 0 Å². The van der Waals surface area contributed by atoms with E-state index in [1.54, 1.807) is 7.05 Å². The highest BCUT2D eigenvalue weighted by atomic mass is 32.2. The predicted molar refractivity (Wildman–Crippen MR) is 98.2 cm³/mol. The average Bonchev–Trinajstić information content (AvgIpc) is 2.97. The Hall–Kier alpha value is -1.76. The van der Waals surface area contributed by atoms with Crippen molar-refractivity contribution in [2.75, 3.05) is 33.2 Å². The fourth-order valence-corrected chi connectivity index (χ4v) is 3.23. The number of nitrogens with zero attached hydrogens (tertiary/aromatic N) is 2. The number of aliphatic imine (C=N–C) groups is 1. The van der Waals surface area contributed by atoms with E-state index >= 15 is 0 Å². The topological polar surface area (TPSA) is 63.2 Å². The van der Waals surface area contributed by atoms with Gasteiger partial charge in [0.05, 0.1) is 0 Å². The van der Waals surface area contributed by atoms with Crippen molar-refractivity contribution in [3.63, 3.8) is 0 Å². The molecule has 1 N–H and O–H groups in total. The summed E-state index contributed by atoms with van der Waals surface area (Å²) in [6.07, 6.45) is 0. The molecule has 6 nitrogen and oxygen atoms in total. The Morgan fingerprint density at radius 1 is 1.33 bits per heavy atom. The van der Waals surface area contributed by atoms with E-state index in [9.17, 15) is 4.21 Å². The van der Waals surface area contributed by atoms with Crippen LogP contribution in [0.15, 0.2) is 23.2 Å². The van der Waals surface area contributed by atoms with Gasteiger partial charge in [0.2, 0.25) is 6.79 Å². The van der Waals surface area contributed by atoms with Crippen LogP contribution < -0.4 is 14.8 Å². The standard InChI is InChI=1S/C17H27N3O3S/c1-17(2,3)24(21)9-8-19-16(18-4)20(5)11-13-6-7-14-15(10-13)23-12-22-14/h6-7,10H,8-9,11-12H2,1-5H3,(H,18,19). The van der Waals surface area contributed by atoms with Crippen LogP contribution in [0.3, 0.4) is 0 Å². The summed E-state index contributed by atoms with van der Waals surface area (Å²) in [5.74, 6) is 2.94. The van der Waals surface area contributed by atoms with Crippen LogP contribution in [0.25, 0.3) is 0 Å². The third kappa shape index (κ3) is 4.87. The van der Waals surface area contributed by atoms with Gasteiger partial charge < -0.3 is 19.7 Å². The van der Waals surface area contributed by atoms with Crippen LogP contribution in [0.1, 0.15) is 26.3 Å². The van der Waals surface area contributed by atoms with Gasteiger partial charge in [-0.05, 0) is 38.5 Å². The van der Waals surface area contributed by atoms with Gasteiger partial charge in [-0.3, -0.25) is 9.20 Å². The highest BCUT2D eigenvalue weighted by Crippen LogP contribution is 2.32. The molecular formula is C17H27N3O3S. The third-order valence-electron chi connectivity index (χ3n) is 3.68. The zero-order valence-corrected chi connectivity index (χ0v) is 15.9. The van der Waals surface area contributed by atoms with Crippen molar-refractivity contribution in [1.82, 2.24) is 10.2 Å². The van der Waals surface area contributed by atoms with Crippen LogP contribution >= 0.6 is 0 Å². The number of benzene rings is 1. The minimum absolute atomic E-state index is 0.191. The van der Waals surface area contributed by atoms with Gasteiger partial charge in [-0.2, -0.15) is 0 Å². The Labute approximate surface area is 146 Å². The van der Waals surface area contributed by atoms with Gasteiger partial charge in [0.25, 0.3) is 0 Å². The molecular weight excluding hydrogens is 326 g/mol. The van der Waals surface area contributed by atoms with Gasteiger partial charge in [0.1, 0.15) is 0 Å². The summed E-state index contributed by atoms with van der Waals surface area (Å²) in [5.41, 5.74) is 1.11. The molecule has 0 amide bonds. The van der Waals surface area contributed by atoms with E-state index in [0.29, 0.717) is 18.8 Å². The second-order valence-electron chi connectivity index (χ2n) is 6.68. The lowest BCUT2D eigenvalue weighted by Crippen LogP contribution is -2.41. The zero-order chi connectivity index (χ0) is 17.7. The Morgan fingerprint density at radius 2 is 2.04 bits per heavy atom. The van der Waals surface area contributed by atoms with Crippen molar-refractivity contribution < 1.29 is 13.7 Å². The van der Waals surface area contributed by atoms with E-state index in [2.05, 4.69) is 10.3 Å². The van der Waals surface area contributed by atoms with E-state index in [0.717, 1.165) is 23.0 Å². The lowest BCUT2D eigenvalue weighted by Gasteiger charge is -2.23. The summed E-state index contributed by atoms with van der Waals surface area (Å²) in [6.45, 7) is 7.57. The normalized spacial score (nSPS) is 15.3. The van der Waals surface area contributed by atoms with Crippen LogP contribution in [0.2, 0.25) is 0 Å². The first kappa shape index (κ1) is 18.6. The first-order valence-corrected chi connectivity index (χ1v) is 9.32. The number of guanidine groups is 1. The highest BCUT2D eigenvalue weighted by molar-refractivity contribution is 7.86. The fourth-order valence-electron chi connectivity index (χ4n) is 2.33. The van der Waals surface area contributed by atoms with Gasteiger partial charge in [0, 0.05) is 48.5 Å². The molecule has 0 saturated carbocycles. The molecule has 0 bridgehead atoms. The summed E-state index contributed by atoms with van der Waals surface area (Å²) >= 11 is 0. The first-order chi connectivity index (χ1) is 11.3. The largest absolute Gasteiger partial charge is 0.454 e. The summed E-state index contributed by atoms with van der Waals surface area (Å²) in [4.78, 5) is 6.32. The molecule has 0 aromatic heterocycles. The number of rotatable bonds is 5. The van der Waals surface area contributed by atoms with Gasteiger partial charge >= 0.3 is 0 Å². The maximum atomic E-state index is 12.1. The molecule has 1 aromatic rings. The van der Waals surface area contributed by atoms with Crippen molar-refractivity contribution in [1.29, 1.82) is 0 Å². The summed E-state index contributed by atoms with van der Waals surface area (Å²) in [7, 11) is 2.85. The van der Waals surface area contributed by atoms with Crippen LogP contribution in [0.4, 0.5) is 0 Å². The maximum absolute atomic E-state index is 12.1. The van der Waals surface area contributed by atoms with Gasteiger partial charge in [-0.25, -0.2) is 0 Å². The molecule has 1 aliphatic rings. The molecule has 2 rings (SSSR count). The Bertz CT molecular complexity index is 626. The molecule has 1 heterocycles. The van der Waals surface area contributed by atoms with E-state index in [1.165, 1.54) is 0 Å². The molecule has 7 heteroatoms. The molecule has 1 aromatic carbocycles. The zero-order valence-electron chi connectivity index (χ0n) is 15.1. The van der Waals surface area contributed by atoms with Crippen molar-refractivity contribution >= 4 is 16.8 Å². The number of hydrogen-bond acceptors (Lipinski definition) is 4. The summed E-state index contributed by atoms with van der Waals surface area (Å²) in [6, 6.07) is 5.93. The molecule has 24 heavy (non-hydrogen) atoms. The highest BCUT2D eigenvalue weighted by Gasteiger charge is 2.19. The van der Waals surface area contributed by atoms with E-state index in [-0.39, 0.29) is 11.5 Å². The molecule has 134 valence electrons. The van der Waals surface area contributed by atoms with Crippen molar-refractivity contribution in [3.8, 4) is 11.5 Å². The Kier molecular flexibility index (Phi) is 6.10. The number of hydrogen-bond donors (Lipinski definition) is 1. The number of fused-ring (bicyclic) bond motifs is 1. The van der Waals surface area contributed by atoms with Gasteiger partial charge in [-0.15, -0.1) is 0 Å². The molecule has 1 aliphatic heterocycles. The molecule has 0 spiro atoms. The minimum atomic E-state index is -0.873. The lowest BCUT2D eigenvalue weighted by molar-refractivity contribution is 0.174. The van der Waals surface area contributed by atoms with E-state index in [1.807, 2.05) is 50.9 Å². The average molecular weight is 353 g/mol. The van der Waals surface area contributed by atoms with Crippen LogP contribution in [0.5, 0.6) is 11.5 Å². The molecule has 0 fully saturated rings. The minimum Gasteiger partial charge on any atom is -0.454 e. The Balaban J connectivity index is 1.87. The molecule has 1 atom stereocenters. The van der Waals surface area contributed by atoms with E-state index < -0.39 is 10.8 Å². The Morgan fingerprint density at radius 3 is 2.71 bits per heavy atom. The molecule has 0 saturated heterocycles. The van der Waals surface area contributed by atoms with Gasteiger partial charge in [0.15, 0.2) is 17.5 Å². The number of ether oxygens (including phenoxy) is 2. The second kappa shape index (κ2) is 7.88. The smallest absolute Gasteiger partial charge is 0.231 e. The van der Waals surface area contributed by atoms with Gasteiger partial charge in [-0.1, -0.05) is 6.07 Å². The maximum Gasteiger partial charge on any atom is 0.231 e. The van der Waals surface area contributed by atoms with Crippen molar-refractivity contribution in [2.45, 2.75) is 32.1 Å². The van der Waals surface area contributed by atoms with Crippen LogP contribution in [-0.4, -0.2) is 53.0 Å². The fraction of sp³-hybridized carbons (Fsp3) is 0.588. The second-order valence-corrected chi connectivity index (χ2v) is 9.00. The van der Waals surface area contributed by atoms with Crippen molar-refractivity contribution in [3.05, 3.63) is 23.8 Å². The summed E-state index contributed by atoms with van der Waals surface area (Å²) < 4.78 is 22.6. The molecule has 1 unspecified atom stereocenters. The molecule has 0 radical (unpaired) electrons. The summed E-state index contributed by atoms with van der Waals surface area (Å²) in [5, 5.41) is 3.27. The molecule has 0 aliphatic carbocycles. The third-order valence-corrected chi connectivity index (χ3v) is 5.62.